The van der Waals surface area contributed by atoms with Crippen molar-refractivity contribution >= 4 is 17.9 Å². The summed E-state index contributed by atoms with van der Waals surface area (Å²) in [6, 6.07) is 9.85. The first-order valence-electron chi connectivity index (χ1n) is 7.60. The molecular formula is C18H20N2O5. The number of nitrogens with one attached hydrogen (secondary N) is 1. The molecule has 0 unspecified atom stereocenters. The second kappa shape index (κ2) is 8.58. The average Bonchev–Trinajstić information content (AvgIpc) is 2.63. The average molecular weight is 344 g/mol. The maximum Gasteiger partial charge on any atom is 0.335 e. The number of carboxylic acids is 1. The van der Waals surface area contributed by atoms with Gasteiger partial charge in [-0.25, -0.2) is 4.79 Å². The molecule has 0 bridgehead atoms. The van der Waals surface area contributed by atoms with Gasteiger partial charge in [0, 0.05) is 5.56 Å². The molecule has 0 atom stereocenters. The van der Waals surface area contributed by atoms with Crippen LogP contribution in [0.15, 0.2) is 41.5 Å². The van der Waals surface area contributed by atoms with Gasteiger partial charge in [0.1, 0.15) is 0 Å². The van der Waals surface area contributed by atoms with Crippen molar-refractivity contribution in [1.82, 2.24) is 0 Å². The van der Waals surface area contributed by atoms with Crippen molar-refractivity contribution in [2.45, 2.75) is 6.92 Å². The molecule has 0 saturated carbocycles. The van der Waals surface area contributed by atoms with E-state index in [4.69, 9.17) is 19.3 Å². The summed E-state index contributed by atoms with van der Waals surface area (Å²) in [7, 11) is 3.11. The van der Waals surface area contributed by atoms with E-state index < -0.39 is 5.97 Å². The summed E-state index contributed by atoms with van der Waals surface area (Å²) in [5, 5.41) is 13.0. The van der Waals surface area contributed by atoms with Crippen molar-refractivity contribution in [1.29, 1.82) is 0 Å². The topological polar surface area (TPSA) is 89.4 Å². The summed E-state index contributed by atoms with van der Waals surface area (Å²) in [6.07, 6.45) is 1.60. The van der Waals surface area contributed by atoms with E-state index in [1.165, 1.54) is 12.1 Å². The monoisotopic (exact) mass is 344 g/mol. The summed E-state index contributed by atoms with van der Waals surface area (Å²) < 4.78 is 16.2. The van der Waals surface area contributed by atoms with E-state index in [9.17, 15) is 4.79 Å². The predicted octanol–water partition coefficient (Wildman–Crippen LogP) is 3.25. The lowest BCUT2D eigenvalue weighted by Crippen LogP contribution is -2.00. The van der Waals surface area contributed by atoms with E-state index in [1.807, 2.05) is 6.92 Å². The van der Waals surface area contributed by atoms with Crippen LogP contribution in [-0.4, -0.2) is 38.1 Å². The molecule has 0 amide bonds. The highest BCUT2D eigenvalue weighted by atomic mass is 16.5. The van der Waals surface area contributed by atoms with Crippen LogP contribution in [0.25, 0.3) is 0 Å². The number of anilines is 1. The number of methoxy groups -OCH3 is 2. The largest absolute Gasteiger partial charge is 0.493 e. The van der Waals surface area contributed by atoms with E-state index >= 15 is 0 Å². The third kappa shape index (κ3) is 4.63. The smallest absolute Gasteiger partial charge is 0.335 e. The van der Waals surface area contributed by atoms with Crippen LogP contribution >= 0.6 is 0 Å². The van der Waals surface area contributed by atoms with Crippen LogP contribution in [0.5, 0.6) is 17.2 Å². The Morgan fingerprint density at radius 3 is 2.24 bits per heavy atom. The molecule has 0 saturated heterocycles. The number of nitrogens with zero attached hydrogens (tertiary/aromatic N) is 1. The lowest BCUT2D eigenvalue weighted by Gasteiger charge is -2.14. The zero-order valence-corrected chi connectivity index (χ0v) is 14.3. The van der Waals surface area contributed by atoms with Crippen LogP contribution in [0.3, 0.4) is 0 Å². The van der Waals surface area contributed by atoms with Gasteiger partial charge in [-0.2, -0.15) is 5.10 Å². The molecule has 2 aromatic carbocycles. The Balaban J connectivity index is 2.15. The fourth-order valence-electron chi connectivity index (χ4n) is 2.13. The van der Waals surface area contributed by atoms with Gasteiger partial charge in [0.05, 0.1) is 38.3 Å². The standard InChI is InChI=1S/C18H20N2O5/c1-4-25-17-15(23-2)9-12(10-16(17)24-3)11-19-20-14-7-5-13(6-8-14)18(21)22/h5-11,20H,4H2,1-3H3,(H,21,22). The van der Waals surface area contributed by atoms with E-state index in [-0.39, 0.29) is 5.56 Å². The Bertz CT molecular complexity index is 732. The molecule has 0 aliphatic carbocycles. The highest BCUT2D eigenvalue weighted by molar-refractivity contribution is 5.88. The van der Waals surface area contributed by atoms with Gasteiger partial charge in [0.25, 0.3) is 0 Å². The lowest BCUT2D eigenvalue weighted by atomic mass is 10.2. The highest BCUT2D eigenvalue weighted by Gasteiger charge is 2.13. The molecule has 0 fully saturated rings. The fourth-order valence-corrected chi connectivity index (χ4v) is 2.13. The minimum atomic E-state index is -0.969. The molecule has 132 valence electrons. The Labute approximate surface area is 145 Å². The number of hydrazone groups is 1. The number of ether oxygens (including phenoxy) is 3. The maximum atomic E-state index is 10.8. The van der Waals surface area contributed by atoms with E-state index in [0.717, 1.165) is 5.56 Å². The molecule has 25 heavy (non-hydrogen) atoms. The summed E-state index contributed by atoms with van der Waals surface area (Å²) in [4.78, 5) is 10.8. The SMILES string of the molecule is CCOc1c(OC)cc(C=NNc2ccc(C(=O)O)cc2)cc1OC. The van der Waals surface area contributed by atoms with Crippen LogP contribution in [-0.2, 0) is 0 Å². The molecule has 0 aromatic heterocycles. The number of hydrogen-bond donors (Lipinski definition) is 2. The second-order valence-corrected chi connectivity index (χ2v) is 4.94. The van der Waals surface area contributed by atoms with Crippen LogP contribution in [0.2, 0.25) is 0 Å². The summed E-state index contributed by atoms with van der Waals surface area (Å²) in [5.74, 6) is 0.674. The third-order valence-electron chi connectivity index (χ3n) is 3.31. The Morgan fingerprint density at radius 2 is 1.76 bits per heavy atom. The number of hydrogen-bond acceptors (Lipinski definition) is 6. The number of benzene rings is 2. The molecule has 0 heterocycles. The van der Waals surface area contributed by atoms with Gasteiger partial charge in [-0.05, 0) is 43.3 Å². The number of rotatable bonds is 8. The Morgan fingerprint density at radius 1 is 1.16 bits per heavy atom. The molecule has 2 rings (SSSR count). The van der Waals surface area contributed by atoms with Gasteiger partial charge in [-0.15, -0.1) is 0 Å². The first-order chi connectivity index (χ1) is 12.1. The molecule has 7 heteroatoms. The van der Waals surface area contributed by atoms with E-state index in [2.05, 4.69) is 10.5 Å². The first kappa shape index (κ1) is 18.1. The van der Waals surface area contributed by atoms with Gasteiger partial charge in [0.2, 0.25) is 5.75 Å². The summed E-state index contributed by atoms with van der Waals surface area (Å²) in [6.45, 7) is 2.38. The van der Waals surface area contributed by atoms with Crippen molar-refractivity contribution in [3.05, 3.63) is 47.5 Å². The Kier molecular flexibility index (Phi) is 6.22. The molecule has 7 nitrogen and oxygen atoms in total. The quantitative estimate of drug-likeness (QED) is 0.564. The molecule has 0 aliphatic heterocycles. The van der Waals surface area contributed by atoms with Crippen LogP contribution in [0.1, 0.15) is 22.8 Å². The van der Waals surface area contributed by atoms with Crippen molar-refractivity contribution in [2.24, 2.45) is 5.10 Å². The fraction of sp³-hybridized carbons (Fsp3) is 0.222. The van der Waals surface area contributed by atoms with Crippen molar-refractivity contribution in [3.63, 3.8) is 0 Å². The van der Waals surface area contributed by atoms with Gasteiger partial charge >= 0.3 is 5.97 Å². The molecule has 2 N–H and O–H groups in total. The van der Waals surface area contributed by atoms with E-state index in [0.29, 0.717) is 29.5 Å². The zero-order chi connectivity index (χ0) is 18.2. The van der Waals surface area contributed by atoms with Crippen molar-refractivity contribution < 1.29 is 24.1 Å². The molecule has 0 spiro atoms. The molecule has 0 aliphatic rings. The summed E-state index contributed by atoms with van der Waals surface area (Å²) >= 11 is 0. The number of carboxylic acid groups (broad SMARTS) is 1. The van der Waals surface area contributed by atoms with E-state index in [1.54, 1.807) is 44.7 Å². The molecule has 0 radical (unpaired) electrons. The van der Waals surface area contributed by atoms with Gasteiger partial charge in [0.15, 0.2) is 11.5 Å². The van der Waals surface area contributed by atoms with Gasteiger partial charge in [-0.3, -0.25) is 5.43 Å². The molecular weight excluding hydrogens is 324 g/mol. The van der Waals surface area contributed by atoms with Crippen LogP contribution in [0, 0.1) is 0 Å². The van der Waals surface area contributed by atoms with Gasteiger partial charge in [-0.1, -0.05) is 0 Å². The molecule has 2 aromatic rings. The normalized spacial score (nSPS) is 10.5. The predicted molar refractivity (Wildman–Crippen MR) is 95.3 cm³/mol. The van der Waals surface area contributed by atoms with Crippen LogP contribution < -0.4 is 19.6 Å². The van der Waals surface area contributed by atoms with Crippen molar-refractivity contribution in [2.75, 3.05) is 26.3 Å². The van der Waals surface area contributed by atoms with Crippen LogP contribution in [0.4, 0.5) is 5.69 Å². The maximum absolute atomic E-state index is 10.8. The minimum Gasteiger partial charge on any atom is -0.493 e. The van der Waals surface area contributed by atoms with Crippen molar-refractivity contribution in [3.8, 4) is 17.2 Å². The zero-order valence-electron chi connectivity index (χ0n) is 14.3. The number of carbonyl (C=O) groups is 1. The minimum absolute atomic E-state index is 0.218. The second-order valence-electron chi connectivity index (χ2n) is 4.94. The first-order valence-corrected chi connectivity index (χ1v) is 7.60. The lowest BCUT2D eigenvalue weighted by molar-refractivity contribution is 0.0697. The van der Waals surface area contributed by atoms with Gasteiger partial charge < -0.3 is 19.3 Å². The third-order valence-corrected chi connectivity index (χ3v) is 3.31. The Hall–Kier alpha value is -3.22. The number of aromatic carboxylic acids is 1. The summed E-state index contributed by atoms with van der Waals surface area (Å²) in [5.41, 5.74) is 4.48. The highest BCUT2D eigenvalue weighted by Crippen LogP contribution is 2.38.